The molecule has 2 amide bonds. The Kier molecular flexibility index (Phi) is 8.68. The zero-order valence-corrected chi connectivity index (χ0v) is 20.8. The number of carbonyl (C=O) groups excluding carboxylic acids is 2. The molecule has 0 spiro atoms. The Morgan fingerprint density at radius 1 is 1.15 bits per heavy atom. The molecule has 0 aromatic heterocycles. The number of sulfonamides is 1. The number of likely N-dealkylation sites (tertiary alicyclic amines) is 1. The number of amides is 2. The molecule has 1 heterocycles. The SMILES string of the molecule is COCCCNC(=O)[C@H]1CCCN(C(=O)c2cccc(NS(=O)(=O)c3ccc(C)cc3C)c2)C1. The number of aryl methyl sites for hydroxylation is 2. The maximum absolute atomic E-state index is 13.1. The van der Waals surface area contributed by atoms with Crippen molar-refractivity contribution in [3.8, 4) is 0 Å². The molecule has 0 aliphatic carbocycles. The van der Waals surface area contributed by atoms with E-state index in [9.17, 15) is 18.0 Å². The van der Waals surface area contributed by atoms with Crippen molar-refractivity contribution in [2.24, 2.45) is 5.92 Å². The molecule has 2 aromatic rings. The zero-order valence-electron chi connectivity index (χ0n) is 20.0. The quantitative estimate of drug-likeness (QED) is 0.529. The number of rotatable bonds is 9. The number of ether oxygens (including phenoxy) is 1. The van der Waals surface area contributed by atoms with Crippen LogP contribution in [0.5, 0.6) is 0 Å². The molecule has 0 bridgehead atoms. The molecule has 0 saturated carbocycles. The summed E-state index contributed by atoms with van der Waals surface area (Å²) in [4.78, 5) is 27.5. The summed E-state index contributed by atoms with van der Waals surface area (Å²) in [6.45, 7) is 5.68. The number of piperidine rings is 1. The van der Waals surface area contributed by atoms with Gasteiger partial charge in [0.25, 0.3) is 15.9 Å². The van der Waals surface area contributed by atoms with Crippen LogP contribution < -0.4 is 10.0 Å². The van der Waals surface area contributed by atoms with Crippen LogP contribution in [0, 0.1) is 19.8 Å². The number of methoxy groups -OCH3 is 1. The molecule has 1 fully saturated rings. The van der Waals surface area contributed by atoms with E-state index in [1.807, 2.05) is 13.0 Å². The Balaban J connectivity index is 1.67. The van der Waals surface area contributed by atoms with Crippen LogP contribution in [0.1, 0.15) is 40.7 Å². The van der Waals surface area contributed by atoms with Gasteiger partial charge < -0.3 is 15.0 Å². The molecular formula is C25H33N3O5S. The minimum absolute atomic E-state index is 0.0522. The van der Waals surface area contributed by atoms with Gasteiger partial charge in [0.2, 0.25) is 5.91 Å². The van der Waals surface area contributed by atoms with Crippen LogP contribution in [0.15, 0.2) is 47.4 Å². The van der Waals surface area contributed by atoms with E-state index in [-0.39, 0.29) is 22.6 Å². The summed E-state index contributed by atoms with van der Waals surface area (Å²) in [6.07, 6.45) is 2.21. The summed E-state index contributed by atoms with van der Waals surface area (Å²) >= 11 is 0. The van der Waals surface area contributed by atoms with Crippen molar-refractivity contribution in [1.82, 2.24) is 10.2 Å². The highest BCUT2D eigenvalue weighted by Crippen LogP contribution is 2.23. The summed E-state index contributed by atoms with van der Waals surface area (Å²) < 4.78 is 33.4. The lowest BCUT2D eigenvalue weighted by atomic mass is 9.96. The maximum Gasteiger partial charge on any atom is 0.262 e. The van der Waals surface area contributed by atoms with E-state index in [1.165, 1.54) is 6.07 Å². The number of benzene rings is 2. The Bertz CT molecular complexity index is 1130. The van der Waals surface area contributed by atoms with E-state index in [2.05, 4.69) is 10.0 Å². The van der Waals surface area contributed by atoms with Crippen LogP contribution in [-0.4, -0.2) is 58.5 Å². The van der Waals surface area contributed by atoms with Crippen molar-refractivity contribution in [3.05, 3.63) is 59.2 Å². The van der Waals surface area contributed by atoms with Crippen LogP contribution in [0.25, 0.3) is 0 Å². The predicted octanol–water partition coefficient (Wildman–Crippen LogP) is 3.11. The molecule has 9 heteroatoms. The fraction of sp³-hybridized carbons (Fsp3) is 0.440. The van der Waals surface area contributed by atoms with E-state index in [4.69, 9.17) is 4.74 Å². The number of hydrogen-bond donors (Lipinski definition) is 2. The average molecular weight is 488 g/mol. The first kappa shape index (κ1) is 25.7. The van der Waals surface area contributed by atoms with Gasteiger partial charge in [0.1, 0.15) is 0 Å². The lowest BCUT2D eigenvalue weighted by Gasteiger charge is -2.32. The molecule has 1 saturated heterocycles. The molecule has 2 N–H and O–H groups in total. The van der Waals surface area contributed by atoms with Crippen molar-refractivity contribution >= 4 is 27.5 Å². The minimum Gasteiger partial charge on any atom is -0.385 e. The molecule has 34 heavy (non-hydrogen) atoms. The van der Waals surface area contributed by atoms with Gasteiger partial charge in [0, 0.05) is 44.6 Å². The largest absolute Gasteiger partial charge is 0.385 e. The lowest BCUT2D eigenvalue weighted by Crippen LogP contribution is -2.45. The third-order valence-corrected chi connectivity index (χ3v) is 7.43. The van der Waals surface area contributed by atoms with Gasteiger partial charge in [0.05, 0.1) is 10.8 Å². The Morgan fingerprint density at radius 3 is 2.68 bits per heavy atom. The third kappa shape index (κ3) is 6.57. The van der Waals surface area contributed by atoms with Gasteiger partial charge in [-0.3, -0.25) is 14.3 Å². The summed E-state index contributed by atoms with van der Waals surface area (Å²) in [5, 5.41) is 2.91. The molecular weight excluding hydrogens is 454 g/mol. The molecule has 1 aliphatic heterocycles. The first-order valence-corrected chi connectivity index (χ1v) is 13.0. The number of anilines is 1. The topological polar surface area (TPSA) is 105 Å². The number of hydrogen-bond acceptors (Lipinski definition) is 5. The molecule has 0 radical (unpaired) electrons. The van der Waals surface area contributed by atoms with E-state index >= 15 is 0 Å². The summed E-state index contributed by atoms with van der Waals surface area (Å²) in [5.41, 5.74) is 2.32. The Labute approximate surface area is 201 Å². The molecule has 1 atom stereocenters. The van der Waals surface area contributed by atoms with Crippen LogP contribution in [0.3, 0.4) is 0 Å². The second-order valence-corrected chi connectivity index (χ2v) is 10.3. The average Bonchev–Trinajstić information content (AvgIpc) is 2.81. The van der Waals surface area contributed by atoms with Gasteiger partial charge in [0.15, 0.2) is 0 Å². The highest BCUT2D eigenvalue weighted by molar-refractivity contribution is 7.92. The normalized spacial score (nSPS) is 16.2. The Hall–Kier alpha value is -2.91. The molecule has 2 aromatic carbocycles. The highest BCUT2D eigenvalue weighted by atomic mass is 32.2. The second kappa shape index (κ2) is 11.5. The molecule has 0 unspecified atom stereocenters. The number of nitrogens with one attached hydrogen (secondary N) is 2. The molecule has 1 aliphatic rings. The summed E-state index contributed by atoms with van der Waals surface area (Å²) in [5.74, 6) is -0.528. The highest BCUT2D eigenvalue weighted by Gasteiger charge is 2.29. The fourth-order valence-corrected chi connectivity index (χ4v) is 5.43. The van der Waals surface area contributed by atoms with Gasteiger partial charge in [-0.25, -0.2) is 8.42 Å². The number of nitrogens with zero attached hydrogens (tertiary/aromatic N) is 1. The monoisotopic (exact) mass is 487 g/mol. The van der Waals surface area contributed by atoms with Gasteiger partial charge in [-0.05, 0) is 62.9 Å². The Morgan fingerprint density at radius 2 is 1.94 bits per heavy atom. The maximum atomic E-state index is 13.1. The minimum atomic E-state index is -3.80. The first-order chi connectivity index (χ1) is 16.2. The molecule has 3 rings (SSSR count). The lowest BCUT2D eigenvalue weighted by molar-refractivity contribution is -0.126. The summed E-state index contributed by atoms with van der Waals surface area (Å²) in [7, 11) is -2.18. The fourth-order valence-electron chi connectivity index (χ4n) is 4.16. The number of carbonyl (C=O) groups is 2. The van der Waals surface area contributed by atoms with Crippen molar-refractivity contribution in [1.29, 1.82) is 0 Å². The van der Waals surface area contributed by atoms with Gasteiger partial charge in [-0.2, -0.15) is 0 Å². The van der Waals surface area contributed by atoms with E-state index in [0.29, 0.717) is 43.1 Å². The van der Waals surface area contributed by atoms with E-state index in [0.717, 1.165) is 24.8 Å². The van der Waals surface area contributed by atoms with Crippen LogP contribution in [0.4, 0.5) is 5.69 Å². The van der Waals surface area contributed by atoms with Crippen LogP contribution in [0.2, 0.25) is 0 Å². The second-order valence-electron chi connectivity index (χ2n) is 8.68. The van der Waals surface area contributed by atoms with Gasteiger partial charge >= 0.3 is 0 Å². The summed E-state index contributed by atoms with van der Waals surface area (Å²) in [6, 6.07) is 11.6. The third-order valence-electron chi connectivity index (χ3n) is 5.89. The molecule has 8 nitrogen and oxygen atoms in total. The van der Waals surface area contributed by atoms with E-state index in [1.54, 1.807) is 49.3 Å². The van der Waals surface area contributed by atoms with Gasteiger partial charge in [-0.1, -0.05) is 23.8 Å². The smallest absolute Gasteiger partial charge is 0.262 e. The standard InChI is InChI=1S/C25H33N3O5S/c1-18-10-11-23(19(2)15-18)34(31,32)27-22-9-4-7-20(16-22)25(30)28-13-5-8-21(17-28)24(29)26-12-6-14-33-3/h4,7,9-11,15-16,21,27H,5-6,8,12-14,17H2,1-3H3,(H,26,29)/t21-/m0/s1. The van der Waals surface area contributed by atoms with Gasteiger partial charge in [-0.15, -0.1) is 0 Å². The van der Waals surface area contributed by atoms with Crippen molar-refractivity contribution < 1.29 is 22.7 Å². The van der Waals surface area contributed by atoms with Crippen molar-refractivity contribution in [3.63, 3.8) is 0 Å². The van der Waals surface area contributed by atoms with Crippen molar-refractivity contribution in [2.45, 2.75) is 38.0 Å². The predicted molar refractivity (Wildman–Crippen MR) is 131 cm³/mol. The van der Waals surface area contributed by atoms with E-state index < -0.39 is 10.0 Å². The van der Waals surface area contributed by atoms with Crippen molar-refractivity contribution in [2.75, 3.05) is 38.1 Å². The first-order valence-electron chi connectivity index (χ1n) is 11.5. The van der Waals surface area contributed by atoms with Crippen LogP contribution >= 0.6 is 0 Å². The zero-order chi connectivity index (χ0) is 24.7. The van der Waals surface area contributed by atoms with Crippen LogP contribution in [-0.2, 0) is 19.6 Å². The molecule has 184 valence electrons.